The van der Waals surface area contributed by atoms with Gasteiger partial charge in [-0.25, -0.2) is 4.98 Å². The first-order valence-electron chi connectivity index (χ1n) is 6.77. The lowest BCUT2D eigenvalue weighted by Crippen LogP contribution is -2.30. The number of rotatable bonds is 5. The van der Waals surface area contributed by atoms with Crippen LogP contribution in [-0.2, 0) is 0 Å². The summed E-state index contributed by atoms with van der Waals surface area (Å²) in [6.07, 6.45) is 1.72. The van der Waals surface area contributed by atoms with Crippen LogP contribution in [0.4, 0.5) is 5.13 Å². The quantitative estimate of drug-likeness (QED) is 0.637. The Balaban J connectivity index is 1.91. The summed E-state index contributed by atoms with van der Waals surface area (Å²) >= 11 is 2.90. The summed E-state index contributed by atoms with van der Waals surface area (Å²) in [4.78, 5) is 19.6. The molecule has 0 saturated carbocycles. The van der Waals surface area contributed by atoms with Gasteiger partial charge in [-0.1, -0.05) is 42.5 Å². The largest absolute Gasteiger partial charge is 0.279 e. The second-order valence-electron chi connectivity index (χ2n) is 4.56. The predicted octanol–water partition coefficient (Wildman–Crippen LogP) is 4.70. The Morgan fingerprint density at radius 3 is 2.68 bits per heavy atom. The second kappa shape index (κ2) is 6.68. The van der Waals surface area contributed by atoms with Crippen molar-refractivity contribution in [2.24, 2.45) is 0 Å². The predicted molar refractivity (Wildman–Crippen MR) is 93.7 cm³/mol. The molecule has 0 unspecified atom stereocenters. The number of aromatic nitrogens is 1. The topological polar surface area (TPSA) is 33.2 Å². The van der Waals surface area contributed by atoms with Gasteiger partial charge < -0.3 is 0 Å². The first kappa shape index (κ1) is 14.7. The van der Waals surface area contributed by atoms with E-state index in [-0.39, 0.29) is 5.91 Å². The van der Waals surface area contributed by atoms with Crippen LogP contribution in [0.1, 0.15) is 9.67 Å². The number of amides is 1. The fraction of sp³-hybridized carbons (Fsp3) is 0.0588. The molecule has 0 atom stereocenters. The van der Waals surface area contributed by atoms with Crippen LogP contribution in [0.15, 0.2) is 65.9 Å². The van der Waals surface area contributed by atoms with Crippen molar-refractivity contribution in [3.8, 4) is 11.3 Å². The molecule has 1 amide bonds. The van der Waals surface area contributed by atoms with E-state index in [1.54, 1.807) is 11.0 Å². The highest BCUT2D eigenvalue weighted by Gasteiger charge is 2.20. The highest BCUT2D eigenvalue weighted by Crippen LogP contribution is 2.28. The Kier molecular flexibility index (Phi) is 4.46. The van der Waals surface area contributed by atoms with E-state index in [1.165, 1.54) is 22.7 Å². The second-order valence-corrected chi connectivity index (χ2v) is 6.35. The molecule has 0 radical (unpaired) electrons. The number of thiazole rings is 1. The summed E-state index contributed by atoms with van der Waals surface area (Å²) < 4.78 is 0. The van der Waals surface area contributed by atoms with Gasteiger partial charge >= 0.3 is 0 Å². The average Bonchev–Trinajstić information content (AvgIpc) is 3.24. The molecule has 2 aromatic heterocycles. The zero-order valence-corrected chi connectivity index (χ0v) is 13.4. The van der Waals surface area contributed by atoms with E-state index in [0.29, 0.717) is 16.6 Å². The number of benzene rings is 1. The summed E-state index contributed by atoms with van der Waals surface area (Å²) in [6, 6.07) is 13.7. The summed E-state index contributed by atoms with van der Waals surface area (Å²) in [5.41, 5.74) is 1.93. The maximum atomic E-state index is 12.6. The lowest BCUT2D eigenvalue weighted by Gasteiger charge is -2.16. The van der Waals surface area contributed by atoms with E-state index in [1.807, 2.05) is 53.2 Å². The molecule has 0 aliphatic heterocycles. The van der Waals surface area contributed by atoms with E-state index in [0.717, 1.165) is 11.3 Å². The van der Waals surface area contributed by atoms with Crippen molar-refractivity contribution in [2.75, 3.05) is 11.4 Å². The molecular weight excluding hydrogens is 312 g/mol. The van der Waals surface area contributed by atoms with Crippen LogP contribution in [0.3, 0.4) is 0 Å². The van der Waals surface area contributed by atoms with Crippen LogP contribution in [0.2, 0.25) is 0 Å². The molecule has 0 aliphatic rings. The number of hydrogen-bond acceptors (Lipinski definition) is 4. The van der Waals surface area contributed by atoms with Crippen LogP contribution in [0.25, 0.3) is 11.3 Å². The van der Waals surface area contributed by atoms with Crippen molar-refractivity contribution >= 4 is 33.7 Å². The van der Waals surface area contributed by atoms with Gasteiger partial charge in [-0.15, -0.1) is 29.3 Å². The molecule has 3 rings (SSSR count). The fourth-order valence-corrected chi connectivity index (χ4v) is 3.55. The van der Waals surface area contributed by atoms with E-state index in [2.05, 4.69) is 11.6 Å². The zero-order chi connectivity index (χ0) is 15.4. The van der Waals surface area contributed by atoms with Crippen LogP contribution < -0.4 is 4.90 Å². The molecule has 0 aliphatic carbocycles. The van der Waals surface area contributed by atoms with Crippen LogP contribution in [0.5, 0.6) is 0 Å². The normalized spacial score (nSPS) is 10.4. The van der Waals surface area contributed by atoms with Gasteiger partial charge in [0, 0.05) is 17.5 Å². The summed E-state index contributed by atoms with van der Waals surface area (Å²) in [5.74, 6) is -0.0381. The van der Waals surface area contributed by atoms with Crippen molar-refractivity contribution in [1.29, 1.82) is 0 Å². The van der Waals surface area contributed by atoms with E-state index < -0.39 is 0 Å². The monoisotopic (exact) mass is 326 g/mol. The summed E-state index contributed by atoms with van der Waals surface area (Å²) in [6.45, 7) is 4.18. The van der Waals surface area contributed by atoms with Crippen molar-refractivity contribution in [2.45, 2.75) is 0 Å². The van der Waals surface area contributed by atoms with Crippen LogP contribution in [0, 0.1) is 0 Å². The molecule has 0 N–H and O–H groups in total. The smallest absolute Gasteiger partial charge is 0.270 e. The van der Waals surface area contributed by atoms with Crippen LogP contribution in [-0.4, -0.2) is 17.4 Å². The van der Waals surface area contributed by atoms with Crippen molar-refractivity contribution in [1.82, 2.24) is 4.98 Å². The van der Waals surface area contributed by atoms with Crippen molar-refractivity contribution in [3.05, 3.63) is 70.8 Å². The minimum atomic E-state index is -0.0381. The van der Waals surface area contributed by atoms with E-state index >= 15 is 0 Å². The minimum absolute atomic E-state index is 0.0381. The molecule has 0 fully saturated rings. The van der Waals surface area contributed by atoms with E-state index in [9.17, 15) is 4.79 Å². The third-order valence-electron chi connectivity index (χ3n) is 3.08. The van der Waals surface area contributed by atoms with Crippen LogP contribution >= 0.6 is 22.7 Å². The molecule has 110 valence electrons. The first-order chi connectivity index (χ1) is 10.8. The molecule has 1 aromatic carbocycles. The average molecular weight is 326 g/mol. The van der Waals surface area contributed by atoms with Crippen molar-refractivity contribution < 1.29 is 4.79 Å². The van der Waals surface area contributed by atoms with Gasteiger partial charge in [-0.3, -0.25) is 9.69 Å². The van der Waals surface area contributed by atoms with Gasteiger partial charge in [-0.05, 0) is 11.4 Å². The van der Waals surface area contributed by atoms with Gasteiger partial charge in [0.25, 0.3) is 5.91 Å². The first-order valence-corrected chi connectivity index (χ1v) is 8.52. The lowest BCUT2D eigenvalue weighted by molar-refractivity contribution is 0.0993. The molecule has 5 heteroatoms. The third kappa shape index (κ3) is 3.00. The Morgan fingerprint density at radius 2 is 2.00 bits per heavy atom. The molecule has 22 heavy (non-hydrogen) atoms. The zero-order valence-electron chi connectivity index (χ0n) is 11.8. The highest BCUT2D eigenvalue weighted by molar-refractivity contribution is 7.14. The number of carbonyl (C=O) groups excluding carboxylic acids is 1. The Bertz CT molecular complexity index is 763. The number of hydrogen-bond donors (Lipinski definition) is 0. The maximum absolute atomic E-state index is 12.6. The molecule has 3 nitrogen and oxygen atoms in total. The van der Waals surface area contributed by atoms with Gasteiger partial charge in [0.2, 0.25) is 0 Å². The minimum Gasteiger partial charge on any atom is -0.279 e. The maximum Gasteiger partial charge on any atom is 0.270 e. The van der Waals surface area contributed by atoms with E-state index in [4.69, 9.17) is 0 Å². The van der Waals surface area contributed by atoms with Gasteiger partial charge in [0.1, 0.15) is 0 Å². The molecule has 2 heterocycles. The van der Waals surface area contributed by atoms with Gasteiger partial charge in [0.15, 0.2) is 5.13 Å². The Labute approximate surface area is 137 Å². The highest BCUT2D eigenvalue weighted by atomic mass is 32.1. The van der Waals surface area contributed by atoms with Gasteiger partial charge in [0.05, 0.1) is 10.6 Å². The molecular formula is C17H14N2OS2. The summed E-state index contributed by atoms with van der Waals surface area (Å²) in [7, 11) is 0. The molecule has 3 aromatic rings. The summed E-state index contributed by atoms with van der Waals surface area (Å²) in [5, 5.41) is 4.57. The Hall–Kier alpha value is -2.24. The lowest BCUT2D eigenvalue weighted by atomic mass is 10.2. The number of thiophene rings is 1. The fourth-order valence-electron chi connectivity index (χ4n) is 2.04. The number of nitrogens with zero attached hydrogens (tertiary/aromatic N) is 2. The Morgan fingerprint density at radius 1 is 1.18 bits per heavy atom. The molecule has 0 bridgehead atoms. The third-order valence-corrected chi connectivity index (χ3v) is 4.80. The SMILES string of the molecule is C=CCN(C(=O)c1cccs1)c1nc(-c2ccccc2)cs1. The number of carbonyl (C=O) groups is 1. The molecule has 0 saturated heterocycles. The van der Waals surface area contributed by atoms with Gasteiger partial charge in [-0.2, -0.15) is 0 Å². The molecule has 0 spiro atoms. The number of anilines is 1. The van der Waals surface area contributed by atoms with Crippen molar-refractivity contribution in [3.63, 3.8) is 0 Å². The standard InChI is InChI=1S/C17H14N2OS2/c1-2-10-19(16(20)15-9-6-11-21-15)17-18-14(12-22-17)13-7-4-3-5-8-13/h2-9,11-12H,1,10H2.